The molecule has 1 saturated heterocycles. The summed E-state index contributed by atoms with van der Waals surface area (Å²) in [5.41, 5.74) is 1.48. The second-order valence-corrected chi connectivity index (χ2v) is 6.96. The van der Waals surface area contributed by atoms with Crippen LogP contribution in [0, 0.1) is 5.92 Å². The van der Waals surface area contributed by atoms with E-state index in [0.717, 1.165) is 71.3 Å². The first-order valence-corrected chi connectivity index (χ1v) is 9.21. The number of morpholine rings is 1. The molecule has 0 radical (unpaired) electrons. The lowest BCUT2D eigenvalue weighted by Gasteiger charge is -2.34. The van der Waals surface area contributed by atoms with Crippen LogP contribution in [0.2, 0.25) is 0 Å². The van der Waals surface area contributed by atoms with Gasteiger partial charge in [-0.15, -0.1) is 0 Å². The maximum absolute atomic E-state index is 5.87. The molecule has 2 N–H and O–H groups in total. The standard InChI is InChI=1S/C18H34N4O2/c1-15(2)13-22-8-11-24-17(14-22)12-21-18(19-3)20-7-4-16-5-9-23-10-6-16/h5,15,17H,4,6-14H2,1-3H3,(H2,19,20,21)/t17-/m1/s1. The van der Waals surface area contributed by atoms with Gasteiger partial charge in [0, 0.05) is 39.8 Å². The van der Waals surface area contributed by atoms with Crippen LogP contribution >= 0.6 is 0 Å². The molecule has 0 unspecified atom stereocenters. The lowest BCUT2D eigenvalue weighted by Crippen LogP contribution is -2.50. The third kappa shape index (κ3) is 7.20. The molecule has 0 aromatic heterocycles. The van der Waals surface area contributed by atoms with E-state index in [1.165, 1.54) is 5.57 Å². The maximum atomic E-state index is 5.87. The summed E-state index contributed by atoms with van der Waals surface area (Å²) in [6, 6.07) is 0. The predicted octanol–water partition coefficient (Wildman–Crippen LogP) is 1.25. The molecule has 6 heteroatoms. The molecular formula is C18H34N4O2. The second kappa shape index (κ2) is 10.7. The van der Waals surface area contributed by atoms with Crippen molar-refractivity contribution in [2.24, 2.45) is 10.9 Å². The molecule has 2 rings (SSSR count). The van der Waals surface area contributed by atoms with Crippen molar-refractivity contribution in [2.75, 3.05) is 59.6 Å². The van der Waals surface area contributed by atoms with Crippen LogP contribution in [0.4, 0.5) is 0 Å². The summed E-state index contributed by atoms with van der Waals surface area (Å²) >= 11 is 0. The molecule has 0 bridgehead atoms. The molecule has 0 aromatic carbocycles. The van der Waals surface area contributed by atoms with Gasteiger partial charge in [0.1, 0.15) is 0 Å². The summed E-state index contributed by atoms with van der Waals surface area (Å²) in [7, 11) is 1.82. The van der Waals surface area contributed by atoms with E-state index in [4.69, 9.17) is 9.47 Å². The van der Waals surface area contributed by atoms with Crippen LogP contribution in [0.15, 0.2) is 16.6 Å². The van der Waals surface area contributed by atoms with Crippen LogP contribution in [-0.4, -0.2) is 76.6 Å². The van der Waals surface area contributed by atoms with Crippen LogP contribution in [0.5, 0.6) is 0 Å². The summed E-state index contributed by atoms with van der Waals surface area (Å²) in [6.07, 6.45) is 4.52. The van der Waals surface area contributed by atoms with Gasteiger partial charge in [-0.25, -0.2) is 0 Å². The molecule has 1 atom stereocenters. The average Bonchev–Trinajstić information content (AvgIpc) is 2.58. The Morgan fingerprint density at radius 3 is 2.96 bits per heavy atom. The number of nitrogens with zero attached hydrogens (tertiary/aromatic N) is 2. The van der Waals surface area contributed by atoms with Crippen molar-refractivity contribution in [2.45, 2.75) is 32.8 Å². The summed E-state index contributed by atoms with van der Waals surface area (Å²) in [4.78, 5) is 6.80. The molecule has 2 aliphatic heterocycles. The third-order valence-electron chi connectivity index (χ3n) is 4.36. The number of ether oxygens (including phenoxy) is 2. The zero-order chi connectivity index (χ0) is 17.2. The van der Waals surface area contributed by atoms with Crippen molar-refractivity contribution < 1.29 is 9.47 Å². The van der Waals surface area contributed by atoms with E-state index >= 15 is 0 Å². The highest BCUT2D eigenvalue weighted by atomic mass is 16.5. The van der Waals surface area contributed by atoms with Crippen molar-refractivity contribution in [3.8, 4) is 0 Å². The minimum atomic E-state index is 0.231. The van der Waals surface area contributed by atoms with Crippen molar-refractivity contribution in [1.82, 2.24) is 15.5 Å². The van der Waals surface area contributed by atoms with E-state index in [1.54, 1.807) is 0 Å². The van der Waals surface area contributed by atoms with E-state index in [9.17, 15) is 0 Å². The Morgan fingerprint density at radius 1 is 1.38 bits per heavy atom. The molecule has 24 heavy (non-hydrogen) atoms. The number of hydrogen-bond donors (Lipinski definition) is 2. The number of nitrogens with one attached hydrogen (secondary N) is 2. The van der Waals surface area contributed by atoms with Gasteiger partial charge in [-0.05, 0) is 18.8 Å². The first-order valence-electron chi connectivity index (χ1n) is 9.21. The Labute approximate surface area is 146 Å². The molecule has 6 nitrogen and oxygen atoms in total. The van der Waals surface area contributed by atoms with E-state index in [2.05, 4.69) is 40.4 Å². The first-order chi connectivity index (χ1) is 11.7. The topological polar surface area (TPSA) is 58.1 Å². The Balaban J connectivity index is 1.64. The third-order valence-corrected chi connectivity index (χ3v) is 4.36. The maximum Gasteiger partial charge on any atom is 0.191 e. The largest absolute Gasteiger partial charge is 0.377 e. The zero-order valence-electron chi connectivity index (χ0n) is 15.5. The molecule has 0 amide bonds. The molecule has 138 valence electrons. The molecule has 0 aliphatic carbocycles. The first kappa shape index (κ1) is 19.2. The van der Waals surface area contributed by atoms with Crippen molar-refractivity contribution in [3.63, 3.8) is 0 Å². The van der Waals surface area contributed by atoms with Gasteiger partial charge in [0.05, 0.1) is 25.9 Å². The summed E-state index contributed by atoms with van der Waals surface area (Å²) < 4.78 is 11.2. The molecule has 0 spiro atoms. The van der Waals surface area contributed by atoms with Crippen LogP contribution < -0.4 is 10.6 Å². The van der Waals surface area contributed by atoms with E-state index in [-0.39, 0.29) is 6.10 Å². The molecule has 2 aliphatic rings. The fraction of sp³-hybridized carbons (Fsp3) is 0.833. The van der Waals surface area contributed by atoms with Crippen molar-refractivity contribution in [1.29, 1.82) is 0 Å². The van der Waals surface area contributed by atoms with Gasteiger partial charge in [0.15, 0.2) is 5.96 Å². The van der Waals surface area contributed by atoms with E-state index < -0.39 is 0 Å². The normalized spacial score (nSPS) is 23.2. The van der Waals surface area contributed by atoms with Gasteiger partial charge < -0.3 is 20.1 Å². The average molecular weight is 338 g/mol. The van der Waals surface area contributed by atoms with Crippen LogP contribution in [-0.2, 0) is 9.47 Å². The van der Waals surface area contributed by atoms with Crippen LogP contribution in [0.25, 0.3) is 0 Å². The number of guanidine groups is 1. The number of aliphatic imine (C=N–C) groups is 1. The van der Waals surface area contributed by atoms with E-state index in [1.807, 2.05) is 7.05 Å². The molecule has 0 aromatic rings. The Bertz CT molecular complexity index is 423. The summed E-state index contributed by atoms with van der Waals surface area (Å²) in [5.74, 6) is 1.55. The Kier molecular flexibility index (Phi) is 8.56. The minimum absolute atomic E-state index is 0.231. The SMILES string of the molecule is CN=C(NCCC1=CCOCC1)NC[C@@H]1CN(CC(C)C)CCO1. The summed E-state index contributed by atoms with van der Waals surface area (Å²) in [5, 5.41) is 6.78. The van der Waals surface area contributed by atoms with Crippen molar-refractivity contribution >= 4 is 5.96 Å². The predicted molar refractivity (Wildman–Crippen MR) is 98.5 cm³/mol. The Morgan fingerprint density at radius 2 is 2.25 bits per heavy atom. The molecule has 0 saturated carbocycles. The van der Waals surface area contributed by atoms with Gasteiger partial charge in [-0.1, -0.05) is 25.5 Å². The molecule has 1 fully saturated rings. The molecule has 2 heterocycles. The van der Waals surface area contributed by atoms with Gasteiger partial charge in [-0.2, -0.15) is 0 Å². The van der Waals surface area contributed by atoms with Crippen molar-refractivity contribution in [3.05, 3.63) is 11.6 Å². The van der Waals surface area contributed by atoms with Crippen LogP contribution in [0.3, 0.4) is 0 Å². The monoisotopic (exact) mass is 338 g/mol. The highest BCUT2D eigenvalue weighted by Gasteiger charge is 2.21. The summed E-state index contributed by atoms with van der Waals surface area (Å²) in [6.45, 7) is 11.8. The highest BCUT2D eigenvalue weighted by molar-refractivity contribution is 5.79. The van der Waals surface area contributed by atoms with Gasteiger partial charge in [0.2, 0.25) is 0 Å². The fourth-order valence-corrected chi connectivity index (χ4v) is 3.15. The van der Waals surface area contributed by atoms with Gasteiger partial charge in [0.25, 0.3) is 0 Å². The quantitative estimate of drug-likeness (QED) is 0.416. The number of rotatable bonds is 7. The number of hydrogen-bond acceptors (Lipinski definition) is 4. The lowest BCUT2D eigenvalue weighted by atomic mass is 10.1. The van der Waals surface area contributed by atoms with Crippen LogP contribution in [0.1, 0.15) is 26.7 Å². The highest BCUT2D eigenvalue weighted by Crippen LogP contribution is 2.10. The van der Waals surface area contributed by atoms with E-state index in [0.29, 0.717) is 5.92 Å². The zero-order valence-corrected chi connectivity index (χ0v) is 15.5. The lowest BCUT2D eigenvalue weighted by molar-refractivity contribution is -0.0284. The van der Waals surface area contributed by atoms with Gasteiger partial charge >= 0.3 is 0 Å². The minimum Gasteiger partial charge on any atom is -0.377 e. The fourth-order valence-electron chi connectivity index (χ4n) is 3.15. The second-order valence-electron chi connectivity index (χ2n) is 6.96. The van der Waals surface area contributed by atoms with Gasteiger partial charge in [-0.3, -0.25) is 9.89 Å². The Hall–Kier alpha value is -1.11. The molecular weight excluding hydrogens is 304 g/mol. The smallest absolute Gasteiger partial charge is 0.191 e.